The summed E-state index contributed by atoms with van der Waals surface area (Å²) in [7, 11) is 1.54. The first-order valence-corrected chi connectivity index (χ1v) is 11.3. The molecule has 0 aliphatic carbocycles. The van der Waals surface area contributed by atoms with Crippen molar-refractivity contribution in [2.45, 2.75) is 6.18 Å². The molecule has 0 saturated carbocycles. The fourth-order valence-electron chi connectivity index (χ4n) is 3.19. The number of rotatable bonds is 8. The number of nitrogens with zero attached hydrogens (tertiary/aromatic N) is 1. The molecule has 33 heavy (non-hydrogen) atoms. The van der Waals surface area contributed by atoms with Crippen LogP contribution in [0.4, 0.5) is 30.2 Å². The molecule has 0 unspecified atom stereocenters. The largest absolute Gasteiger partial charge is 0.497 e. The second-order valence-electron chi connectivity index (χ2n) is 7.15. The summed E-state index contributed by atoms with van der Waals surface area (Å²) < 4.78 is 49.9. The zero-order chi connectivity index (χ0) is 23.8. The summed E-state index contributed by atoms with van der Waals surface area (Å²) in [5.41, 5.74) is 0.327. The molecule has 1 fully saturated rings. The molecule has 7 nitrogen and oxygen atoms in total. The highest BCUT2D eigenvalue weighted by molar-refractivity contribution is 8.00. The van der Waals surface area contributed by atoms with Crippen molar-refractivity contribution in [1.29, 1.82) is 0 Å². The second kappa shape index (κ2) is 11.3. The van der Waals surface area contributed by atoms with Crippen LogP contribution in [-0.4, -0.2) is 56.7 Å². The fourth-order valence-corrected chi connectivity index (χ4v) is 3.80. The molecule has 1 aliphatic heterocycles. The van der Waals surface area contributed by atoms with Crippen molar-refractivity contribution in [2.75, 3.05) is 60.5 Å². The van der Waals surface area contributed by atoms with Crippen LogP contribution < -0.4 is 20.3 Å². The van der Waals surface area contributed by atoms with Gasteiger partial charge in [-0.3, -0.25) is 9.59 Å². The lowest BCUT2D eigenvalue weighted by molar-refractivity contribution is -0.137. The van der Waals surface area contributed by atoms with E-state index in [1.807, 2.05) is 4.90 Å². The van der Waals surface area contributed by atoms with E-state index in [1.54, 1.807) is 31.4 Å². The van der Waals surface area contributed by atoms with Gasteiger partial charge in [-0.05, 0) is 42.5 Å². The summed E-state index contributed by atoms with van der Waals surface area (Å²) in [6, 6.07) is 10.1. The van der Waals surface area contributed by atoms with Crippen LogP contribution in [0, 0.1) is 0 Å². The van der Waals surface area contributed by atoms with Gasteiger partial charge in [0.2, 0.25) is 11.8 Å². The standard InChI is InChI=1S/C22H24F3N3O4S/c1-31-17-5-3-16(4-6-17)26-20(29)13-33-14-21(30)27-18-12-15(22(23,24)25)2-7-19(18)28-8-10-32-11-9-28/h2-7,12H,8-11,13-14H2,1H3,(H,26,29)(H,27,30). The number of hydrogen-bond donors (Lipinski definition) is 2. The van der Waals surface area contributed by atoms with Gasteiger partial charge in [0.1, 0.15) is 5.75 Å². The van der Waals surface area contributed by atoms with E-state index in [4.69, 9.17) is 9.47 Å². The van der Waals surface area contributed by atoms with E-state index in [9.17, 15) is 22.8 Å². The zero-order valence-electron chi connectivity index (χ0n) is 17.9. The number of thioether (sulfide) groups is 1. The highest BCUT2D eigenvalue weighted by atomic mass is 32.2. The molecule has 2 N–H and O–H groups in total. The van der Waals surface area contributed by atoms with Crippen LogP contribution in [0.1, 0.15) is 5.56 Å². The monoisotopic (exact) mass is 483 g/mol. The number of benzene rings is 2. The van der Waals surface area contributed by atoms with E-state index in [1.165, 1.54) is 6.07 Å². The van der Waals surface area contributed by atoms with Crippen molar-refractivity contribution in [3.8, 4) is 5.75 Å². The fraction of sp³-hybridized carbons (Fsp3) is 0.364. The third-order valence-electron chi connectivity index (χ3n) is 4.79. The summed E-state index contributed by atoms with van der Waals surface area (Å²) in [5.74, 6) is -0.213. The Morgan fingerprint density at radius 2 is 1.67 bits per heavy atom. The van der Waals surface area contributed by atoms with Crippen LogP contribution in [0.2, 0.25) is 0 Å². The number of methoxy groups -OCH3 is 1. The number of nitrogens with one attached hydrogen (secondary N) is 2. The lowest BCUT2D eigenvalue weighted by Gasteiger charge is -2.31. The van der Waals surface area contributed by atoms with Crippen LogP contribution in [0.3, 0.4) is 0 Å². The Morgan fingerprint density at radius 1 is 1.03 bits per heavy atom. The molecule has 2 aromatic rings. The quantitative estimate of drug-likeness (QED) is 0.594. The first kappa shape index (κ1) is 24.7. The minimum absolute atomic E-state index is 0.0123. The third kappa shape index (κ3) is 7.29. The zero-order valence-corrected chi connectivity index (χ0v) is 18.7. The minimum Gasteiger partial charge on any atom is -0.497 e. The molecular weight excluding hydrogens is 459 g/mol. The van der Waals surface area contributed by atoms with Crippen LogP contribution in [0.15, 0.2) is 42.5 Å². The molecule has 11 heteroatoms. The van der Waals surface area contributed by atoms with E-state index in [-0.39, 0.29) is 23.1 Å². The smallest absolute Gasteiger partial charge is 0.416 e. The van der Waals surface area contributed by atoms with Gasteiger partial charge in [-0.2, -0.15) is 13.2 Å². The molecule has 0 atom stereocenters. The lowest BCUT2D eigenvalue weighted by Crippen LogP contribution is -2.37. The number of anilines is 3. The number of halogens is 3. The Kier molecular flexibility index (Phi) is 8.45. The Bertz CT molecular complexity index is 964. The highest BCUT2D eigenvalue weighted by Gasteiger charge is 2.32. The van der Waals surface area contributed by atoms with E-state index < -0.39 is 17.6 Å². The minimum atomic E-state index is -4.53. The molecule has 1 aliphatic rings. The summed E-state index contributed by atoms with van der Waals surface area (Å²) in [6.45, 7) is 1.92. The molecule has 0 spiro atoms. The lowest BCUT2D eigenvalue weighted by atomic mass is 10.1. The van der Waals surface area contributed by atoms with Crippen molar-refractivity contribution < 1.29 is 32.2 Å². The van der Waals surface area contributed by atoms with Gasteiger partial charge in [0, 0.05) is 18.8 Å². The predicted molar refractivity (Wildman–Crippen MR) is 122 cm³/mol. The van der Waals surface area contributed by atoms with Crippen molar-refractivity contribution in [3.63, 3.8) is 0 Å². The molecule has 1 saturated heterocycles. The number of carbonyl (C=O) groups excluding carboxylic acids is 2. The maximum atomic E-state index is 13.2. The normalized spacial score (nSPS) is 14.0. The van der Waals surface area contributed by atoms with E-state index in [0.29, 0.717) is 43.4 Å². The maximum absolute atomic E-state index is 13.2. The van der Waals surface area contributed by atoms with Gasteiger partial charge >= 0.3 is 6.18 Å². The van der Waals surface area contributed by atoms with Crippen molar-refractivity contribution >= 4 is 40.6 Å². The summed E-state index contributed by atoms with van der Waals surface area (Å²) in [4.78, 5) is 26.4. The van der Waals surface area contributed by atoms with Gasteiger partial charge in [-0.25, -0.2) is 0 Å². The topological polar surface area (TPSA) is 79.9 Å². The van der Waals surface area contributed by atoms with E-state index in [0.717, 1.165) is 23.9 Å². The SMILES string of the molecule is COc1ccc(NC(=O)CSCC(=O)Nc2cc(C(F)(F)F)ccc2N2CCOCC2)cc1. The first-order chi connectivity index (χ1) is 15.8. The molecule has 0 radical (unpaired) electrons. The molecule has 2 amide bonds. The maximum Gasteiger partial charge on any atom is 0.416 e. The molecule has 2 aromatic carbocycles. The van der Waals surface area contributed by atoms with Gasteiger partial charge in [0.15, 0.2) is 0 Å². The van der Waals surface area contributed by atoms with E-state index in [2.05, 4.69) is 10.6 Å². The number of carbonyl (C=O) groups is 2. The Morgan fingerprint density at radius 3 is 2.27 bits per heavy atom. The number of ether oxygens (including phenoxy) is 2. The Hall–Kier alpha value is -2.92. The highest BCUT2D eigenvalue weighted by Crippen LogP contribution is 2.35. The van der Waals surface area contributed by atoms with Crippen LogP contribution in [0.5, 0.6) is 5.75 Å². The summed E-state index contributed by atoms with van der Waals surface area (Å²) in [5, 5.41) is 5.27. The van der Waals surface area contributed by atoms with Crippen LogP contribution in [0.25, 0.3) is 0 Å². The van der Waals surface area contributed by atoms with Crippen molar-refractivity contribution in [3.05, 3.63) is 48.0 Å². The Labute approximate surface area is 193 Å². The molecule has 1 heterocycles. The van der Waals surface area contributed by atoms with E-state index >= 15 is 0 Å². The summed E-state index contributed by atoms with van der Waals surface area (Å²) in [6.07, 6.45) is -4.53. The number of amides is 2. The van der Waals surface area contributed by atoms with Gasteiger partial charge in [-0.15, -0.1) is 11.8 Å². The van der Waals surface area contributed by atoms with Crippen LogP contribution >= 0.6 is 11.8 Å². The Balaban J connectivity index is 1.57. The first-order valence-electron chi connectivity index (χ1n) is 10.1. The average Bonchev–Trinajstić information content (AvgIpc) is 2.79. The molecule has 0 aromatic heterocycles. The van der Waals surface area contributed by atoms with Gasteiger partial charge in [0.25, 0.3) is 0 Å². The third-order valence-corrected chi connectivity index (χ3v) is 5.72. The summed E-state index contributed by atoms with van der Waals surface area (Å²) >= 11 is 1.06. The second-order valence-corrected chi connectivity index (χ2v) is 8.13. The number of alkyl halides is 3. The van der Waals surface area contributed by atoms with Crippen LogP contribution in [-0.2, 0) is 20.5 Å². The van der Waals surface area contributed by atoms with Gasteiger partial charge in [-0.1, -0.05) is 0 Å². The molecule has 3 rings (SSSR count). The molecule has 0 bridgehead atoms. The number of hydrogen-bond acceptors (Lipinski definition) is 6. The van der Waals surface area contributed by atoms with Crippen molar-refractivity contribution in [2.24, 2.45) is 0 Å². The molecule has 178 valence electrons. The van der Waals surface area contributed by atoms with Gasteiger partial charge in [0.05, 0.1) is 48.8 Å². The molecular formula is C22H24F3N3O4S. The predicted octanol–water partition coefficient (Wildman–Crippen LogP) is 3.86. The van der Waals surface area contributed by atoms with Crippen molar-refractivity contribution in [1.82, 2.24) is 0 Å². The van der Waals surface area contributed by atoms with Gasteiger partial charge < -0.3 is 25.0 Å². The number of morpholine rings is 1. The average molecular weight is 484 g/mol.